The predicted octanol–water partition coefficient (Wildman–Crippen LogP) is 3.11. The SMILES string of the molecule is C[C@@H]1[C@@H](NC(=O)[C@@H]2[C@H]([C@H](C)O)[C@H](CO)ON2Cc2cccc(-c3cccc(C(N)=O)c3)c2)C[C@H]2C[C@@H]1C2(C)C. The number of aliphatic hydroxyl groups excluding tert-OH is 2. The van der Waals surface area contributed by atoms with Crippen LogP contribution in [0.25, 0.3) is 11.1 Å². The Morgan fingerprint density at radius 3 is 2.46 bits per heavy atom. The molecule has 8 atom stereocenters. The highest BCUT2D eigenvalue weighted by Crippen LogP contribution is 2.61. The Balaban J connectivity index is 1.37. The molecule has 8 heteroatoms. The maximum atomic E-state index is 13.8. The molecule has 0 spiro atoms. The van der Waals surface area contributed by atoms with Crippen molar-refractivity contribution in [3.63, 3.8) is 0 Å². The molecule has 2 aromatic carbocycles. The second-order valence-electron chi connectivity index (χ2n) is 12.4. The summed E-state index contributed by atoms with van der Waals surface area (Å²) in [4.78, 5) is 31.6. The zero-order chi connectivity index (χ0) is 28.1. The minimum absolute atomic E-state index is 0.0832. The van der Waals surface area contributed by atoms with Crippen molar-refractivity contribution in [2.45, 2.75) is 71.4 Å². The molecule has 210 valence electrons. The van der Waals surface area contributed by atoms with Crippen LogP contribution < -0.4 is 11.1 Å². The normalized spacial score (nSPS) is 32.3. The predicted molar refractivity (Wildman–Crippen MR) is 148 cm³/mol. The number of rotatable bonds is 8. The van der Waals surface area contributed by atoms with E-state index in [1.807, 2.05) is 30.3 Å². The Kier molecular flexibility index (Phi) is 7.59. The maximum Gasteiger partial charge on any atom is 0.248 e. The van der Waals surface area contributed by atoms with Crippen LogP contribution in [0.15, 0.2) is 48.5 Å². The molecule has 0 aromatic heterocycles. The number of fused-ring (bicyclic) bond motifs is 2. The van der Waals surface area contributed by atoms with E-state index in [2.05, 4.69) is 26.1 Å². The minimum Gasteiger partial charge on any atom is -0.394 e. The van der Waals surface area contributed by atoms with Crippen LogP contribution in [0.1, 0.15) is 56.5 Å². The van der Waals surface area contributed by atoms with Crippen LogP contribution in [0.5, 0.6) is 0 Å². The lowest BCUT2D eigenvalue weighted by Gasteiger charge is -2.62. The largest absolute Gasteiger partial charge is 0.394 e. The molecule has 1 saturated heterocycles. The van der Waals surface area contributed by atoms with E-state index in [0.717, 1.165) is 23.1 Å². The first-order chi connectivity index (χ1) is 18.5. The average Bonchev–Trinajstić information content (AvgIpc) is 3.28. The second kappa shape index (κ2) is 10.7. The molecular weight excluding hydrogens is 494 g/mol. The summed E-state index contributed by atoms with van der Waals surface area (Å²) < 4.78 is 0. The molecule has 2 amide bonds. The molecule has 4 fully saturated rings. The summed E-state index contributed by atoms with van der Waals surface area (Å²) in [5, 5.41) is 25.6. The second-order valence-corrected chi connectivity index (χ2v) is 12.4. The maximum absolute atomic E-state index is 13.8. The number of primary amides is 1. The number of hydrogen-bond donors (Lipinski definition) is 4. The number of nitrogens with zero attached hydrogens (tertiary/aromatic N) is 1. The third-order valence-corrected chi connectivity index (χ3v) is 9.81. The third-order valence-electron chi connectivity index (χ3n) is 9.81. The van der Waals surface area contributed by atoms with Gasteiger partial charge in [-0.2, -0.15) is 5.06 Å². The van der Waals surface area contributed by atoms with Crippen LogP contribution in [-0.2, 0) is 16.2 Å². The van der Waals surface area contributed by atoms with Gasteiger partial charge in [0.15, 0.2) is 0 Å². The van der Waals surface area contributed by atoms with Crippen molar-refractivity contribution in [1.29, 1.82) is 0 Å². The van der Waals surface area contributed by atoms with Crippen LogP contribution in [0.3, 0.4) is 0 Å². The summed E-state index contributed by atoms with van der Waals surface area (Å²) >= 11 is 0. The van der Waals surface area contributed by atoms with E-state index >= 15 is 0 Å². The molecule has 0 unspecified atom stereocenters. The van der Waals surface area contributed by atoms with Gasteiger partial charge >= 0.3 is 0 Å². The third kappa shape index (κ3) is 5.11. The number of hydroxylamine groups is 2. The monoisotopic (exact) mass is 535 g/mol. The van der Waals surface area contributed by atoms with E-state index in [0.29, 0.717) is 35.3 Å². The van der Waals surface area contributed by atoms with Crippen molar-refractivity contribution in [3.8, 4) is 11.1 Å². The van der Waals surface area contributed by atoms with Crippen LogP contribution in [0.4, 0.5) is 0 Å². The zero-order valence-corrected chi connectivity index (χ0v) is 23.2. The molecule has 2 aromatic rings. The van der Waals surface area contributed by atoms with Crippen molar-refractivity contribution in [2.24, 2.45) is 34.8 Å². The minimum atomic E-state index is -0.845. The Morgan fingerprint density at radius 2 is 1.85 bits per heavy atom. The Bertz CT molecular complexity index is 1230. The number of aliphatic hydroxyl groups is 2. The number of amides is 2. The summed E-state index contributed by atoms with van der Waals surface area (Å²) in [6, 6.07) is 14.3. The standard InChI is InChI=1S/C31H41N3O5/c1-17-24-13-23(31(24,3)4)14-25(17)33-30(38)28-27(18(2)36)26(16-35)39-34(28)15-19-7-5-8-20(11-19)21-9-6-10-22(12-21)29(32)37/h5-12,17-18,23-28,35-36H,13-16H2,1-4H3,(H2,32,37)(H,33,38)/t17-,18-,23+,24-,25-,26-,27+,28-/m0/s1. The van der Waals surface area contributed by atoms with Gasteiger partial charge in [-0.3, -0.25) is 14.4 Å². The van der Waals surface area contributed by atoms with Crippen molar-refractivity contribution in [2.75, 3.05) is 6.61 Å². The molecule has 3 aliphatic carbocycles. The molecule has 8 nitrogen and oxygen atoms in total. The fraction of sp³-hybridized carbons (Fsp3) is 0.548. The topological polar surface area (TPSA) is 125 Å². The van der Waals surface area contributed by atoms with Crippen LogP contribution >= 0.6 is 0 Å². The first-order valence-electron chi connectivity index (χ1n) is 14.0. The molecule has 3 saturated carbocycles. The molecule has 1 heterocycles. The van der Waals surface area contributed by atoms with E-state index in [9.17, 15) is 19.8 Å². The van der Waals surface area contributed by atoms with Crippen molar-refractivity contribution < 1.29 is 24.6 Å². The van der Waals surface area contributed by atoms with E-state index in [1.54, 1.807) is 30.2 Å². The summed E-state index contributed by atoms with van der Waals surface area (Å²) in [6.45, 7) is 8.54. The van der Waals surface area contributed by atoms with Crippen LogP contribution in [0, 0.1) is 29.1 Å². The molecule has 39 heavy (non-hydrogen) atoms. The van der Waals surface area contributed by atoms with Gasteiger partial charge in [0.2, 0.25) is 11.8 Å². The number of benzene rings is 2. The average molecular weight is 536 g/mol. The number of carbonyl (C=O) groups is 2. The smallest absolute Gasteiger partial charge is 0.248 e. The van der Waals surface area contributed by atoms with E-state index < -0.39 is 30.1 Å². The number of carbonyl (C=O) groups excluding carboxylic acids is 2. The van der Waals surface area contributed by atoms with Gasteiger partial charge in [-0.25, -0.2) is 0 Å². The highest BCUT2D eigenvalue weighted by atomic mass is 16.7. The number of nitrogens with two attached hydrogens (primary N) is 1. The van der Waals surface area contributed by atoms with Crippen molar-refractivity contribution in [3.05, 3.63) is 59.7 Å². The molecule has 2 bridgehead atoms. The van der Waals surface area contributed by atoms with Gasteiger partial charge in [0.1, 0.15) is 12.1 Å². The van der Waals surface area contributed by atoms with E-state index in [1.165, 1.54) is 6.42 Å². The summed E-state index contributed by atoms with van der Waals surface area (Å²) in [7, 11) is 0. The Morgan fingerprint density at radius 1 is 1.15 bits per heavy atom. The Labute approximate surface area is 230 Å². The van der Waals surface area contributed by atoms with Crippen molar-refractivity contribution >= 4 is 11.8 Å². The molecule has 1 aliphatic heterocycles. The van der Waals surface area contributed by atoms with Crippen LogP contribution in [-0.4, -0.2) is 58.0 Å². The van der Waals surface area contributed by atoms with Gasteiger partial charge in [0, 0.05) is 17.5 Å². The summed E-state index contributed by atoms with van der Waals surface area (Å²) in [5.41, 5.74) is 8.86. The lowest BCUT2D eigenvalue weighted by molar-refractivity contribution is -0.183. The first-order valence-corrected chi connectivity index (χ1v) is 14.0. The van der Waals surface area contributed by atoms with Crippen molar-refractivity contribution in [1.82, 2.24) is 10.4 Å². The van der Waals surface area contributed by atoms with Gasteiger partial charge in [0.25, 0.3) is 0 Å². The lowest BCUT2D eigenvalue weighted by atomic mass is 9.45. The van der Waals surface area contributed by atoms with E-state index in [-0.39, 0.29) is 18.6 Å². The van der Waals surface area contributed by atoms with E-state index in [4.69, 9.17) is 10.6 Å². The summed E-state index contributed by atoms with van der Waals surface area (Å²) in [5.74, 6) is 0.337. The highest BCUT2D eigenvalue weighted by Gasteiger charge is 2.57. The first kappa shape index (κ1) is 27.8. The molecular formula is C31H41N3O5. The quantitative estimate of drug-likeness (QED) is 0.412. The van der Waals surface area contributed by atoms with Gasteiger partial charge in [0.05, 0.1) is 19.3 Å². The van der Waals surface area contributed by atoms with Crippen LogP contribution in [0.2, 0.25) is 0 Å². The fourth-order valence-corrected chi connectivity index (χ4v) is 7.37. The lowest BCUT2D eigenvalue weighted by Crippen LogP contribution is -2.62. The zero-order valence-electron chi connectivity index (χ0n) is 23.2. The number of nitrogens with one attached hydrogen (secondary N) is 1. The Hall–Kier alpha value is -2.78. The van der Waals surface area contributed by atoms with Gasteiger partial charge in [-0.05, 0) is 77.8 Å². The van der Waals surface area contributed by atoms with Gasteiger partial charge < -0.3 is 21.3 Å². The van der Waals surface area contributed by atoms with Gasteiger partial charge in [-0.15, -0.1) is 0 Å². The number of hydrogen-bond acceptors (Lipinski definition) is 6. The summed E-state index contributed by atoms with van der Waals surface area (Å²) in [6.07, 6.45) is 0.647. The molecule has 0 radical (unpaired) electrons. The fourth-order valence-electron chi connectivity index (χ4n) is 7.37. The molecule has 4 aliphatic rings. The van der Waals surface area contributed by atoms with Gasteiger partial charge in [-0.1, -0.05) is 51.1 Å². The molecule has 6 rings (SSSR count). The highest BCUT2D eigenvalue weighted by molar-refractivity contribution is 5.94. The molecule has 5 N–H and O–H groups in total.